The van der Waals surface area contributed by atoms with Gasteiger partial charge in [-0.15, -0.1) is 0 Å². The molecule has 0 aliphatic carbocycles. The number of benzene rings is 3. The number of ether oxygens (including phenoxy) is 1. The molecular weight excluding hydrogens is 382 g/mol. The van der Waals surface area contributed by atoms with Crippen molar-refractivity contribution in [3.63, 3.8) is 0 Å². The van der Waals surface area contributed by atoms with E-state index in [4.69, 9.17) is 4.74 Å². The van der Waals surface area contributed by atoms with E-state index in [1.165, 1.54) is 6.92 Å². The molecule has 1 N–H and O–H groups in total. The van der Waals surface area contributed by atoms with Crippen molar-refractivity contribution in [2.24, 2.45) is 0 Å². The number of carboxylic acids is 1. The van der Waals surface area contributed by atoms with Crippen LogP contribution in [0.2, 0.25) is 0 Å². The minimum Gasteiger partial charge on any atom is -0.549 e. The standard InChI is InChI=1S/C24H19NO5/c1-14(26)25-18-9-6-15(7-10-18)22(24(28)29)16-8-11-21-20(12-16)23(27)19-5-3-2-4-17(19)13-30-21/h2-12,22H,13H2,1H3,(H,25,26)(H,28,29)/p-1. The van der Waals surface area contributed by atoms with Crippen LogP contribution in [-0.2, 0) is 16.2 Å². The molecular formula is C24H18NO5-. The van der Waals surface area contributed by atoms with Crippen molar-refractivity contribution in [1.29, 1.82) is 0 Å². The molecule has 1 aliphatic heterocycles. The van der Waals surface area contributed by atoms with Gasteiger partial charge in [-0.05, 0) is 35.4 Å². The summed E-state index contributed by atoms with van der Waals surface area (Å²) in [6.07, 6.45) is 0. The second-order valence-corrected chi connectivity index (χ2v) is 7.09. The topological polar surface area (TPSA) is 95.5 Å². The summed E-state index contributed by atoms with van der Waals surface area (Å²) in [6, 6.07) is 18.5. The smallest absolute Gasteiger partial charge is 0.221 e. The van der Waals surface area contributed by atoms with Crippen LogP contribution in [0.15, 0.2) is 66.7 Å². The third-order valence-corrected chi connectivity index (χ3v) is 5.03. The number of hydrogen-bond acceptors (Lipinski definition) is 5. The van der Waals surface area contributed by atoms with E-state index >= 15 is 0 Å². The first-order chi connectivity index (χ1) is 14.4. The van der Waals surface area contributed by atoms with Crippen molar-refractivity contribution >= 4 is 23.3 Å². The predicted octanol–water partition coefficient (Wildman–Crippen LogP) is 2.65. The van der Waals surface area contributed by atoms with E-state index in [9.17, 15) is 19.5 Å². The molecule has 0 radical (unpaired) electrons. The maximum Gasteiger partial charge on any atom is 0.221 e. The quantitative estimate of drug-likeness (QED) is 0.726. The monoisotopic (exact) mass is 400 g/mol. The van der Waals surface area contributed by atoms with Crippen molar-refractivity contribution in [2.45, 2.75) is 19.4 Å². The van der Waals surface area contributed by atoms with E-state index in [1.54, 1.807) is 54.6 Å². The lowest BCUT2D eigenvalue weighted by Crippen LogP contribution is -2.30. The maximum atomic E-state index is 13.1. The van der Waals surface area contributed by atoms with Crippen LogP contribution in [0.5, 0.6) is 5.75 Å². The van der Waals surface area contributed by atoms with Crippen LogP contribution in [0.4, 0.5) is 5.69 Å². The first kappa shape index (κ1) is 19.4. The molecule has 0 bridgehead atoms. The van der Waals surface area contributed by atoms with Gasteiger partial charge < -0.3 is 20.0 Å². The number of rotatable bonds is 4. The second kappa shape index (κ2) is 7.83. The van der Waals surface area contributed by atoms with Crippen LogP contribution < -0.4 is 15.2 Å². The fraction of sp³-hybridized carbons (Fsp3) is 0.125. The average Bonchev–Trinajstić information content (AvgIpc) is 2.86. The Morgan fingerprint density at radius 3 is 2.37 bits per heavy atom. The molecule has 1 heterocycles. The van der Waals surface area contributed by atoms with E-state index in [-0.39, 0.29) is 18.3 Å². The van der Waals surface area contributed by atoms with Gasteiger partial charge >= 0.3 is 0 Å². The fourth-order valence-corrected chi connectivity index (χ4v) is 3.63. The molecule has 0 saturated heterocycles. The summed E-state index contributed by atoms with van der Waals surface area (Å²) in [5.74, 6) is -2.38. The van der Waals surface area contributed by atoms with Crippen LogP contribution in [0, 0.1) is 0 Å². The lowest BCUT2D eigenvalue weighted by Gasteiger charge is -2.21. The summed E-state index contributed by atoms with van der Waals surface area (Å²) in [5.41, 5.74) is 3.09. The van der Waals surface area contributed by atoms with Gasteiger partial charge in [0.25, 0.3) is 0 Å². The lowest BCUT2D eigenvalue weighted by atomic mass is 9.88. The van der Waals surface area contributed by atoms with Gasteiger partial charge in [-0.25, -0.2) is 0 Å². The number of carbonyl (C=O) groups is 3. The van der Waals surface area contributed by atoms with E-state index in [2.05, 4.69) is 5.32 Å². The summed E-state index contributed by atoms with van der Waals surface area (Å²) in [7, 11) is 0. The molecule has 0 fully saturated rings. The summed E-state index contributed by atoms with van der Waals surface area (Å²) in [5, 5.41) is 14.6. The Kier molecular flexibility index (Phi) is 5.06. The van der Waals surface area contributed by atoms with Crippen molar-refractivity contribution in [1.82, 2.24) is 0 Å². The third-order valence-electron chi connectivity index (χ3n) is 5.03. The summed E-state index contributed by atoms with van der Waals surface area (Å²) < 4.78 is 5.77. The molecule has 4 rings (SSSR count). The Balaban J connectivity index is 1.74. The molecule has 30 heavy (non-hydrogen) atoms. The zero-order chi connectivity index (χ0) is 21.3. The van der Waals surface area contributed by atoms with E-state index < -0.39 is 11.9 Å². The molecule has 1 atom stereocenters. The van der Waals surface area contributed by atoms with Crippen LogP contribution in [0.25, 0.3) is 0 Å². The van der Waals surface area contributed by atoms with Gasteiger partial charge in [0.2, 0.25) is 5.91 Å². The summed E-state index contributed by atoms with van der Waals surface area (Å²) in [4.78, 5) is 36.2. The number of aliphatic carboxylic acids is 1. The molecule has 3 aromatic rings. The fourth-order valence-electron chi connectivity index (χ4n) is 3.63. The summed E-state index contributed by atoms with van der Waals surface area (Å²) in [6.45, 7) is 1.66. The van der Waals surface area contributed by atoms with E-state index in [0.29, 0.717) is 33.7 Å². The highest BCUT2D eigenvalue weighted by Crippen LogP contribution is 2.33. The molecule has 1 aliphatic rings. The Labute approximate surface area is 173 Å². The van der Waals surface area contributed by atoms with Crippen LogP contribution in [0.3, 0.4) is 0 Å². The second-order valence-electron chi connectivity index (χ2n) is 7.09. The van der Waals surface area contributed by atoms with Gasteiger partial charge in [-0.3, -0.25) is 9.59 Å². The normalized spacial score (nSPS) is 13.3. The van der Waals surface area contributed by atoms with Crippen molar-refractivity contribution in [3.05, 3.63) is 94.5 Å². The number of ketones is 1. The molecule has 1 amide bonds. The van der Waals surface area contributed by atoms with Crippen molar-refractivity contribution in [2.75, 3.05) is 5.32 Å². The Bertz CT molecular complexity index is 1150. The molecule has 0 aromatic heterocycles. The number of carboxylic acid groups (broad SMARTS) is 1. The minimum absolute atomic E-state index is 0.210. The van der Waals surface area contributed by atoms with Gasteiger partial charge in [-0.1, -0.05) is 42.5 Å². The SMILES string of the molecule is CC(=O)Nc1ccc(C(C(=O)[O-])c2ccc3c(c2)C(=O)c2ccccc2CO3)cc1. The third kappa shape index (κ3) is 3.67. The zero-order valence-corrected chi connectivity index (χ0v) is 16.2. The molecule has 3 aromatic carbocycles. The van der Waals surface area contributed by atoms with E-state index in [0.717, 1.165) is 5.56 Å². The molecule has 0 spiro atoms. The predicted molar refractivity (Wildman–Crippen MR) is 108 cm³/mol. The van der Waals surface area contributed by atoms with Gasteiger partial charge in [-0.2, -0.15) is 0 Å². The minimum atomic E-state index is -1.29. The molecule has 0 saturated carbocycles. The Morgan fingerprint density at radius 1 is 0.967 bits per heavy atom. The number of anilines is 1. The highest BCUT2D eigenvalue weighted by molar-refractivity contribution is 6.12. The molecule has 6 heteroatoms. The highest BCUT2D eigenvalue weighted by atomic mass is 16.5. The first-order valence-corrected chi connectivity index (χ1v) is 9.42. The number of amides is 1. The van der Waals surface area contributed by atoms with Crippen LogP contribution >= 0.6 is 0 Å². The maximum absolute atomic E-state index is 13.1. The highest BCUT2D eigenvalue weighted by Gasteiger charge is 2.24. The van der Waals surface area contributed by atoms with Gasteiger partial charge in [0, 0.05) is 29.7 Å². The number of fused-ring (bicyclic) bond motifs is 2. The van der Waals surface area contributed by atoms with Crippen molar-refractivity contribution < 1.29 is 24.2 Å². The number of nitrogens with one attached hydrogen (secondary N) is 1. The van der Waals surface area contributed by atoms with Crippen LogP contribution in [0.1, 0.15) is 45.5 Å². The number of hydrogen-bond donors (Lipinski definition) is 1. The lowest BCUT2D eigenvalue weighted by molar-refractivity contribution is -0.306. The van der Waals surface area contributed by atoms with Gasteiger partial charge in [0.1, 0.15) is 12.4 Å². The van der Waals surface area contributed by atoms with Crippen LogP contribution in [-0.4, -0.2) is 17.7 Å². The van der Waals surface area contributed by atoms with Gasteiger partial charge in [0.15, 0.2) is 5.78 Å². The molecule has 150 valence electrons. The Hall–Kier alpha value is -3.93. The van der Waals surface area contributed by atoms with Gasteiger partial charge in [0.05, 0.1) is 11.5 Å². The van der Waals surface area contributed by atoms with E-state index in [1.807, 2.05) is 12.1 Å². The summed E-state index contributed by atoms with van der Waals surface area (Å²) >= 11 is 0. The first-order valence-electron chi connectivity index (χ1n) is 9.42. The molecule has 6 nitrogen and oxygen atoms in total. The molecule has 1 unspecified atom stereocenters. The average molecular weight is 400 g/mol. The number of carbonyl (C=O) groups excluding carboxylic acids is 3. The van der Waals surface area contributed by atoms with Crippen molar-refractivity contribution in [3.8, 4) is 5.75 Å². The largest absolute Gasteiger partial charge is 0.549 e. The Morgan fingerprint density at radius 2 is 1.67 bits per heavy atom. The zero-order valence-electron chi connectivity index (χ0n) is 16.2.